The Morgan fingerprint density at radius 2 is 2.15 bits per heavy atom. The summed E-state index contributed by atoms with van der Waals surface area (Å²) in [6.07, 6.45) is 7.96. The molecule has 0 atom stereocenters. The Morgan fingerprint density at radius 1 is 1.30 bits per heavy atom. The van der Waals surface area contributed by atoms with Crippen molar-refractivity contribution in [2.24, 2.45) is 0 Å². The van der Waals surface area contributed by atoms with E-state index in [-0.39, 0.29) is 5.54 Å². The summed E-state index contributed by atoms with van der Waals surface area (Å²) >= 11 is 1.65. The normalized spacial score (nSPS) is 12.3. The predicted octanol–water partition coefficient (Wildman–Crippen LogP) is 2.53. The van der Waals surface area contributed by atoms with Crippen LogP contribution < -0.4 is 5.32 Å². The first-order valence-corrected chi connectivity index (χ1v) is 7.55. The molecule has 0 aliphatic rings. The van der Waals surface area contributed by atoms with Crippen molar-refractivity contribution >= 4 is 16.3 Å². The molecule has 0 spiro atoms. The van der Waals surface area contributed by atoms with Crippen LogP contribution in [0.4, 0.5) is 0 Å². The van der Waals surface area contributed by atoms with E-state index in [1.165, 1.54) is 0 Å². The van der Waals surface area contributed by atoms with Gasteiger partial charge in [-0.3, -0.25) is 4.40 Å². The highest BCUT2D eigenvalue weighted by molar-refractivity contribution is 7.15. The lowest BCUT2D eigenvalue weighted by Gasteiger charge is -2.20. The van der Waals surface area contributed by atoms with Gasteiger partial charge in [0.1, 0.15) is 5.82 Å². The second-order valence-corrected chi connectivity index (χ2v) is 6.77. The molecule has 0 unspecified atom stereocenters. The Hall–Kier alpha value is -1.66. The zero-order valence-corrected chi connectivity index (χ0v) is 12.8. The molecule has 0 fully saturated rings. The van der Waals surface area contributed by atoms with Crippen molar-refractivity contribution in [3.63, 3.8) is 0 Å². The number of nitrogens with one attached hydrogen (secondary N) is 1. The van der Waals surface area contributed by atoms with Gasteiger partial charge in [-0.25, -0.2) is 9.97 Å². The lowest BCUT2D eigenvalue weighted by molar-refractivity contribution is 0.413. The fraction of sp³-hybridized carbons (Fsp3) is 0.429. The molecule has 106 valence electrons. The van der Waals surface area contributed by atoms with Gasteiger partial charge in [-0.05, 0) is 20.8 Å². The molecular formula is C14H19N5S. The van der Waals surface area contributed by atoms with Gasteiger partial charge in [0.25, 0.3) is 0 Å². The zero-order chi connectivity index (χ0) is 14.2. The first-order chi connectivity index (χ1) is 9.51. The van der Waals surface area contributed by atoms with E-state index in [1.807, 2.05) is 24.0 Å². The van der Waals surface area contributed by atoms with E-state index < -0.39 is 0 Å². The van der Waals surface area contributed by atoms with Crippen molar-refractivity contribution < 1.29 is 0 Å². The molecule has 20 heavy (non-hydrogen) atoms. The number of hydrogen-bond donors (Lipinski definition) is 1. The first kappa shape index (κ1) is 13.3. The molecule has 3 rings (SSSR count). The van der Waals surface area contributed by atoms with E-state index >= 15 is 0 Å². The zero-order valence-electron chi connectivity index (χ0n) is 12.0. The minimum atomic E-state index is 0.0911. The quantitative estimate of drug-likeness (QED) is 0.803. The van der Waals surface area contributed by atoms with E-state index in [2.05, 4.69) is 51.2 Å². The van der Waals surface area contributed by atoms with E-state index in [1.54, 1.807) is 11.3 Å². The first-order valence-electron chi connectivity index (χ1n) is 6.67. The average Bonchev–Trinajstić information content (AvgIpc) is 3.01. The van der Waals surface area contributed by atoms with Crippen LogP contribution in [0, 0.1) is 0 Å². The summed E-state index contributed by atoms with van der Waals surface area (Å²) in [4.78, 5) is 10.1. The average molecular weight is 289 g/mol. The fourth-order valence-corrected chi connectivity index (χ4v) is 2.74. The third kappa shape index (κ3) is 2.91. The van der Waals surface area contributed by atoms with Gasteiger partial charge in [-0.2, -0.15) is 0 Å². The smallest absolute Gasteiger partial charge is 0.193 e. The number of aromatic nitrogens is 4. The lowest BCUT2D eigenvalue weighted by atomic mass is 10.1. The van der Waals surface area contributed by atoms with Crippen LogP contribution in [-0.2, 0) is 13.1 Å². The van der Waals surface area contributed by atoms with Crippen LogP contribution in [0.15, 0.2) is 30.2 Å². The number of nitrogens with zero attached hydrogens (tertiary/aromatic N) is 4. The molecule has 0 aliphatic carbocycles. The van der Waals surface area contributed by atoms with Gasteiger partial charge in [-0.1, -0.05) is 0 Å². The molecule has 3 aromatic rings. The van der Waals surface area contributed by atoms with Crippen molar-refractivity contribution in [2.45, 2.75) is 39.4 Å². The molecule has 0 saturated carbocycles. The molecule has 0 aromatic carbocycles. The number of thiazole rings is 1. The number of fused-ring (bicyclic) bond motifs is 1. The SMILES string of the molecule is CC(C)(C)NCc1nccn1Cc1cn2ccsc2n1. The molecule has 0 amide bonds. The van der Waals surface area contributed by atoms with Crippen LogP contribution in [-0.4, -0.2) is 24.5 Å². The predicted molar refractivity (Wildman–Crippen MR) is 81.0 cm³/mol. The van der Waals surface area contributed by atoms with Crippen LogP contribution in [0.2, 0.25) is 0 Å². The summed E-state index contributed by atoms with van der Waals surface area (Å²) in [5, 5.41) is 5.51. The van der Waals surface area contributed by atoms with E-state index in [9.17, 15) is 0 Å². The van der Waals surface area contributed by atoms with Gasteiger partial charge in [0.15, 0.2) is 4.96 Å². The third-order valence-corrected chi connectivity index (χ3v) is 3.82. The van der Waals surface area contributed by atoms with Gasteiger partial charge in [-0.15, -0.1) is 11.3 Å². The molecule has 0 saturated heterocycles. The number of hydrogen-bond acceptors (Lipinski definition) is 4. The van der Waals surface area contributed by atoms with Crippen LogP contribution in [0.1, 0.15) is 32.3 Å². The fourth-order valence-electron chi connectivity index (χ4n) is 2.02. The lowest BCUT2D eigenvalue weighted by Crippen LogP contribution is -2.36. The van der Waals surface area contributed by atoms with Crippen LogP contribution in [0.25, 0.3) is 4.96 Å². The van der Waals surface area contributed by atoms with Crippen LogP contribution >= 0.6 is 11.3 Å². The molecule has 0 radical (unpaired) electrons. The molecular weight excluding hydrogens is 270 g/mol. The molecule has 3 aromatic heterocycles. The monoisotopic (exact) mass is 289 g/mol. The van der Waals surface area contributed by atoms with Gasteiger partial charge in [0.2, 0.25) is 0 Å². The summed E-state index contributed by atoms with van der Waals surface area (Å²) in [6.45, 7) is 7.99. The Bertz CT molecular complexity index is 672. The summed E-state index contributed by atoms with van der Waals surface area (Å²) in [5.74, 6) is 1.04. The minimum absolute atomic E-state index is 0.0911. The standard InChI is InChI=1S/C14H19N5S/c1-14(2,3)16-8-12-15-4-5-18(12)9-11-10-19-6-7-20-13(19)17-11/h4-7,10,16H,8-9H2,1-3H3. The topological polar surface area (TPSA) is 47.2 Å². The highest BCUT2D eigenvalue weighted by Crippen LogP contribution is 2.13. The van der Waals surface area contributed by atoms with Crippen LogP contribution in [0.5, 0.6) is 0 Å². The molecule has 3 heterocycles. The van der Waals surface area contributed by atoms with E-state index in [0.717, 1.165) is 29.6 Å². The molecule has 6 heteroatoms. The Kier molecular flexibility index (Phi) is 3.35. The van der Waals surface area contributed by atoms with Gasteiger partial charge < -0.3 is 9.88 Å². The maximum atomic E-state index is 4.61. The largest absolute Gasteiger partial charge is 0.328 e. The second-order valence-electron chi connectivity index (χ2n) is 5.90. The summed E-state index contributed by atoms with van der Waals surface area (Å²) in [6, 6.07) is 0. The number of rotatable bonds is 4. The van der Waals surface area contributed by atoms with Gasteiger partial charge in [0, 0.05) is 35.7 Å². The Morgan fingerprint density at radius 3 is 2.90 bits per heavy atom. The molecule has 0 aliphatic heterocycles. The van der Waals surface area contributed by atoms with Gasteiger partial charge in [0.05, 0.1) is 18.8 Å². The maximum absolute atomic E-state index is 4.61. The summed E-state index contributed by atoms with van der Waals surface area (Å²) < 4.78 is 4.20. The molecule has 1 N–H and O–H groups in total. The van der Waals surface area contributed by atoms with E-state index in [4.69, 9.17) is 0 Å². The molecule has 5 nitrogen and oxygen atoms in total. The summed E-state index contributed by atoms with van der Waals surface area (Å²) in [5.41, 5.74) is 1.15. The summed E-state index contributed by atoms with van der Waals surface area (Å²) in [7, 11) is 0. The minimum Gasteiger partial charge on any atom is -0.328 e. The third-order valence-electron chi connectivity index (χ3n) is 3.05. The van der Waals surface area contributed by atoms with Crippen molar-refractivity contribution in [1.29, 1.82) is 0 Å². The highest BCUT2D eigenvalue weighted by atomic mass is 32.1. The Balaban J connectivity index is 1.74. The number of imidazole rings is 2. The van der Waals surface area contributed by atoms with Crippen molar-refractivity contribution in [3.8, 4) is 0 Å². The maximum Gasteiger partial charge on any atom is 0.193 e. The Labute approximate surface area is 122 Å². The van der Waals surface area contributed by atoms with Gasteiger partial charge >= 0.3 is 0 Å². The van der Waals surface area contributed by atoms with E-state index in [0.29, 0.717) is 0 Å². The van der Waals surface area contributed by atoms with Crippen molar-refractivity contribution in [1.82, 2.24) is 24.3 Å². The van der Waals surface area contributed by atoms with Crippen molar-refractivity contribution in [3.05, 3.63) is 41.7 Å². The van der Waals surface area contributed by atoms with Crippen LogP contribution in [0.3, 0.4) is 0 Å². The second kappa shape index (κ2) is 5.03. The van der Waals surface area contributed by atoms with Crippen molar-refractivity contribution in [2.75, 3.05) is 0 Å². The molecule has 0 bridgehead atoms. The highest BCUT2D eigenvalue weighted by Gasteiger charge is 2.12.